The number of hydrogen-bond donors (Lipinski definition) is 0. The van der Waals surface area contributed by atoms with Gasteiger partial charge >= 0.3 is 5.97 Å². The van der Waals surface area contributed by atoms with E-state index in [1.807, 2.05) is 42.1 Å². The van der Waals surface area contributed by atoms with Gasteiger partial charge in [-0.15, -0.1) is 0 Å². The summed E-state index contributed by atoms with van der Waals surface area (Å²) in [6.07, 6.45) is 5.34. The first-order valence-electron chi connectivity index (χ1n) is 7.00. The average Bonchev–Trinajstić information content (AvgIpc) is 3.14. The van der Waals surface area contributed by atoms with Crippen LogP contribution in [0.3, 0.4) is 0 Å². The Balaban J connectivity index is 2.15. The van der Waals surface area contributed by atoms with E-state index < -0.39 is 5.97 Å². The standard InChI is InChI=1S/C16H16N4O2/c1-3-22-16(21)13-10-15(14-7-5-9-19(14)2)20(18-13)12-6-4-8-17-11-12/h4-11H,3H2,1-2H3. The third-order valence-electron chi connectivity index (χ3n) is 3.29. The van der Waals surface area contributed by atoms with E-state index in [0.29, 0.717) is 6.61 Å². The maximum Gasteiger partial charge on any atom is 0.358 e. The van der Waals surface area contributed by atoms with E-state index in [0.717, 1.165) is 17.1 Å². The van der Waals surface area contributed by atoms with Crippen LogP contribution in [-0.4, -0.2) is 31.9 Å². The van der Waals surface area contributed by atoms with Crippen molar-refractivity contribution >= 4 is 5.97 Å². The molecule has 6 heteroatoms. The molecule has 0 aliphatic heterocycles. The summed E-state index contributed by atoms with van der Waals surface area (Å²) in [5, 5.41) is 4.38. The van der Waals surface area contributed by atoms with Crippen molar-refractivity contribution in [1.82, 2.24) is 19.3 Å². The van der Waals surface area contributed by atoms with E-state index in [4.69, 9.17) is 4.74 Å². The highest BCUT2D eigenvalue weighted by atomic mass is 16.5. The maximum absolute atomic E-state index is 12.0. The molecule has 3 heterocycles. The van der Waals surface area contributed by atoms with Gasteiger partial charge in [0.1, 0.15) is 0 Å². The summed E-state index contributed by atoms with van der Waals surface area (Å²) < 4.78 is 8.72. The lowest BCUT2D eigenvalue weighted by Crippen LogP contribution is -2.07. The van der Waals surface area contributed by atoms with Crippen LogP contribution in [0, 0.1) is 0 Å². The predicted molar refractivity (Wildman–Crippen MR) is 81.7 cm³/mol. The summed E-state index contributed by atoms with van der Waals surface area (Å²) >= 11 is 0. The Morgan fingerprint density at radius 1 is 1.27 bits per heavy atom. The van der Waals surface area contributed by atoms with Crippen LogP contribution >= 0.6 is 0 Å². The molecule has 22 heavy (non-hydrogen) atoms. The third kappa shape index (κ3) is 2.50. The van der Waals surface area contributed by atoms with Gasteiger partial charge < -0.3 is 9.30 Å². The lowest BCUT2D eigenvalue weighted by Gasteiger charge is -2.07. The molecule has 0 amide bonds. The predicted octanol–water partition coefficient (Wildman–Crippen LogP) is 2.45. The number of esters is 1. The van der Waals surface area contributed by atoms with Gasteiger partial charge in [0.2, 0.25) is 0 Å². The largest absolute Gasteiger partial charge is 0.461 e. The maximum atomic E-state index is 12.0. The van der Waals surface area contributed by atoms with Gasteiger partial charge in [-0.2, -0.15) is 5.10 Å². The zero-order valence-corrected chi connectivity index (χ0v) is 12.4. The Morgan fingerprint density at radius 3 is 2.77 bits per heavy atom. The number of rotatable bonds is 4. The fourth-order valence-electron chi connectivity index (χ4n) is 2.27. The zero-order valence-electron chi connectivity index (χ0n) is 12.4. The topological polar surface area (TPSA) is 61.9 Å². The molecule has 0 saturated heterocycles. The molecule has 0 radical (unpaired) electrons. The van der Waals surface area contributed by atoms with Crippen molar-refractivity contribution in [2.24, 2.45) is 7.05 Å². The van der Waals surface area contributed by atoms with Crippen LogP contribution in [-0.2, 0) is 11.8 Å². The van der Waals surface area contributed by atoms with Gasteiger partial charge in [-0.1, -0.05) is 0 Å². The van der Waals surface area contributed by atoms with E-state index >= 15 is 0 Å². The van der Waals surface area contributed by atoms with Crippen molar-refractivity contribution in [3.8, 4) is 17.1 Å². The van der Waals surface area contributed by atoms with Crippen LogP contribution < -0.4 is 0 Å². The van der Waals surface area contributed by atoms with Crippen LogP contribution in [0.1, 0.15) is 17.4 Å². The second-order valence-corrected chi connectivity index (χ2v) is 4.76. The fraction of sp³-hybridized carbons (Fsp3) is 0.188. The monoisotopic (exact) mass is 296 g/mol. The molecule has 0 aliphatic carbocycles. The molecule has 6 nitrogen and oxygen atoms in total. The Kier molecular flexibility index (Phi) is 3.74. The minimum Gasteiger partial charge on any atom is -0.461 e. The van der Waals surface area contributed by atoms with Crippen LogP contribution in [0.25, 0.3) is 17.1 Å². The van der Waals surface area contributed by atoms with Gasteiger partial charge in [0, 0.05) is 25.5 Å². The van der Waals surface area contributed by atoms with Crippen molar-refractivity contribution in [3.63, 3.8) is 0 Å². The number of aromatic nitrogens is 4. The molecule has 0 spiro atoms. The molecule has 0 N–H and O–H groups in total. The Bertz CT molecular complexity index is 790. The van der Waals surface area contributed by atoms with Crippen molar-refractivity contribution in [3.05, 3.63) is 54.6 Å². The first kappa shape index (κ1) is 14.1. The SMILES string of the molecule is CCOC(=O)c1cc(-c2cccn2C)n(-c2cccnc2)n1. The van der Waals surface area contributed by atoms with Crippen LogP contribution in [0.2, 0.25) is 0 Å². The molecule has 0 fully saturated rings. The van der Waals surface area contributed by atoms with Crippen molar-refractivity contribution in [2.75, 3.05) is 6.61 Å². The Hall–Kier alpha value is -2.89. The number of hydrogen-bond acceptors (Lipinski definition) is 4. The van der Waals surface area contributed by atoms with Crippen LogP contribution in [0.4, 0.5) is 0 Å². The first-order valence-corrected chi connectivity index (χ1v) is 7.00. The van der Waals surface area contributed by atoms with E-state index in [1.165, 1.54) is 0 Å². The Morgan fingerprint density at radius 2 is 2.14 bits per heavy atom. The molecule has 0 atom stereocenters. The summed E-state index contributed by atoms with van der Waals surface area (Å²) in [6, 6.07) is 9.37. The minimum absolute atomic E-state index is 0.280. The lowest BCUT2D eigenvalue weighted by molar-refractivity contribution is 0.0519. The van der Waals surface area contributed by atoms with E-state index in [2.05, 4.69) is 10.1 Å². The van der Waals surface area contributed by atoms with Gasteiger partial charge in [-0.3, -0.25) is 4.98 Å². The normalized spacial score (nSPS) is 10.6. The summed E-state index contributed by atoms with van der Waals surface area (Å²) in [4.78, 5) is 16.1. The number of aryl methyl sites for hydroxylation is 1. The van der Waals surface area contributed by atoms with E-state index in [9.17, 15) is 4.79 Å². The molecule has 0 aromatic carbocycles. The Labute approximate surface area is 128 Å². The molecule has 0 saturated carbocycles. The second kappa shape index (κ2) is 5.85. The van der Waals surface area contributed by atoms with Crippen molar-refractivity contribution in [1.29, 1.82) is 0 Å². The van der Waals surface area contributed by atoms with Crippen LogP contribution in [0.15, 0.2) is 48.9 Å². The quantitative estimate of drug-likeness (QED) is 0.694. The third-order valence-corrected chi connectivity index (χ3v) is 3.29. The number of carbonyl (C=O) groups excluding carboxylic acids is 1. The highest BCUT2D eigenvalue weighted by Crippen LogP contribution is 2.24. The van der Waals surface area contributed by atoms with E-state index in [-0.39, 0.29) is 5.69 Å². The van der Waals surface area contributed by atoms with Gasteiger partial charge in [0.05, 0.1) is 29.9 Å². The van der Waals surface area contributed by atoms with Crippen molar-refractivity contribution < 1.29 is 9.53 Å². The molecule has 0 bridgehead atoms. The fourth-order valence-corrected chi connectivity index (χ4v) is 2.27. The molecule has 0 unspecified atom stereocenters. The highest BCUT2D eigenvalue weighted by Gasteiger charge is 2.18. The molecular weight excluding hydrogens is 280 g/mol. The number of carbonyl (C=O) groups is 1. The van der Waals surface area contributed by atoms with Gasteiger partial charge in [-0.05, 0) is 31.2 Å². The van der Waals surface area contributed by atoms with Gasteiger partial charge in [-0.25, -0.2) is 9.48 Å². The second-order valence-electron chi connectivity index (χ2n) is 4.76. The van der Waals surface area contributed by atoms with Gasteiger partial charge in [0.15, 0.2) is 5.69 Å². The molecule has 3 aromatic heterocycles. The summed E-state index contributed by atoms with van der Waals surface area (Å²) in [6.45, 7) is 2.09. The summed E-state index contributed by atoms with van der Waals surface area (Å²) in [7, 11) is 1.94. The highest BCUT2D eigenvalue weighted by molar-refractivity contribution is 5.88. The minimum atomic E-state index is -0.430. The molecular formula is C16H16N4O2. The molecule has 0 aliphatic rings. The van der Waals surface area contributed by atoms with Crippen molar-refractivity contribution in [2.45, 2.75) is 6.92 Å². The van der Waals surface area contributed by atoms with E-state index in [1.54, 1.807) is 30.1 Å². The number of nitrogens with zero attached hydrogens (tertiary/aromatic N) is 4. The lowest BCUT2D eigenvalue weighted by atomic mass is 10.2. The molecule has 112 valence electrons. The smallest absolute Gasteiger partial charge is 0.358 e. The van der Waals surface area contributed by atoms with Crippen LogP contribution in [0.5, 0.6) is 0 Å². The molecule has 3 aromatic rings. The summed E-state index contributed by atoms with van der Waals surface area (Å²) in [5.74, 6) is -0.430. The molecule has 3 rings (SSSR count). The van der Waals surface area contributed by atoms with Gasteiger partial charge in [0.25, 0.3) is 0 Å². The average molecular weight is 296 g/mol. The first-order chi connectivity index (χ1) is 10.7. The summed E-state index contributed by atoms with van der Waals surface area (Å²) in [5.41, 5.74) is 2.83. The number of pyridine rings is 1. The number of ether oxygens (including phenoxy) is 1. The zero-order chi connectivity index (χ0) is 15.5.